The van der Waals surface area contributed by atoms with Crippen molar-refractivity contribution >= 4 is 72.4 Å². The number of fused-ring (bicyclic) bond motifs is 2. The van der Waals surface area contributed by atoms with Crippen molar-refractivity contribution in [3.8, 4) is 0 Å². The van der Waals surface area contributed by atoms with Crippen molar-refractivity contribution in [1.82, 2.24) is 39.0 Å². The van der Waals surface area contributed by atoms with Crippen molar-refractivity contribution in [3.63, 3.8) is 0 Å². The summed E-state index contributed by atoms with van der Waals surface area (Å²) in [6.45, 7) is -2.90. The van der Waals surface area contributed by atoms with Gasteiger partial charge in [-0.15, -0.1) is 0 Å². The second-order valence-electron chi connectivity index (χ2n) is 10.7. The highest BCUT2D eigenvalue weighted by molar-refractivity contribution is 8.46. The van der Waals surface area contributed by atoms with Crippen LogP contribution in [-0.2, 0) is 32.4 Å². The van der Waals surface area contributed by atoms with Crippen LogP contribution in [0.1, 0.15) is 25.8 Å². The summed E-state index contributed by atoms with van der Waals surface area (Å²) in [7, 11) is -1.19. The van der Waals surface area contributed by atoms with Gasteiger partial charge in [-0.3, -0.25) is 28.0 Å². The molecule has 19 nitrogen and oxygen atoms in total. The van der Waals surface area contributed by atoms with Crippen LogP contribution in [0.2, 0.25) is 0 Å². The van der Waals surface area contributed by atoms with Crippen LogP contribution in [0.4, 0.5) is 11.8 Å². The number of methoxy groups -OCH3 is 1. The number of ether oxygens (including phenoxy) is 3. The molecule has 0 radical (unpaired) electrons. The van der Waals surface area contributed by atoms with E-state index >= 15 is 0 Å². The Labute approximate surface area is 265 Å². The van der Waals surface area contributed by atoms with Gasteiger partial charge < -0.3 is 39.8 Å². The van der Waals surface area contributed by atoms with Crippen LogP contribution >= 0.6 is 38.3 Å². The number of hydrogen-bond donors (Lipinski definition) is 6. The molecule has 0 bridgehead atoms. The second-order valence-corrected chi connectivity index (χ2v) is 16.3. The number of nitrogens with zero attached hydrogens (tertiary/aromatic N) is 7. The molecular formula is C22H30N10O9P2S2. The Morgan fingerprint density at radius 1 is 1.20 bits per heavy atom. The van der Waals surface area contributed by atoms with E-state index in [1.54, 1.807) is 11.5 Å². The number of nitrogens with one attached hydrogen (secondary N) is 1. The van der Waals surface area contributed by atoms with Crippen LogP contribution in [-0.4, -0.2) is 94.0 Å². The van der Waals surface area contributed by atoms with Crippen LogP contribution in [0.15, 0.2) is 23.8 Å². The number of aliphatic hydroxyl groups is 1. The van der Waals surface area contributed by atoms with Crippen molar-refractivity contribution in [2.75, 3.05) is 31.8 Å². The Hall–Kier alpha value is -2.58. The lowest BCUT2D eigenvalue weighted by atomic mass is 9.98. The summed E-state index contributed by atoms with van der Waals surface area (Å²) in [5.41, 5.74) is 9.47. The fourth-order valence-electron chi connectivity index (χ4n) is 5.54. The predicted molar refractivity (Wildman–Crippen MR) is 166 cm³/mol. The Morgan fingerprint density at radius 2 is 1.91 bits per heavy atom. The lowest BCUT2D eigenvalue weighted by Crippen LogP contribution is -2.44. The molecule has 0 saturated carbocycles. The second kappa shape index (κ2) is 12.2. The van der Waals surface area contributed by atoms with Gasteiger partial charge in [0.25, 0.3) is 12.1 Å². The number of thiol groups is 2. The van der Waals surface area contributed by atoms with Crippen LogP contribution in [0.25, 0.3) is 22.3 Å². The number of nitrogen functional groups attached to an aromatic ring is 2. The van der Waals surface area contributed by atoms with E-state index in [1.165, 1.54) is 30.7 Å². The number of hydrogen-bond acceptors (Lipinski definition) is 16. The first kappa shape index (κ1) is 32.4. The maximum Gasteiger partial charge on any atom is 0.280 e. The summed E-state index contributed by atoms with van der Waals surface area (Å²) >= 11 is 8.27. The zero-order valence-corrected chi connectivity index (χ0v) is 27.3. The lowest BCUT2D eigenvalue weighted by Gasteiger charge is -2.31. The van der Waals surface area contributed by atoms with E-state index in [0.29, 0.717) is 11.2 Å². The van der Waals surface area contributed by atoms with E-state index in [9.17, 15) is 19.0 Å². The minimum Gasteiger partial charge on any atom is -0.387 e. The molecule has 45 heavy (non-hydrogen) atoms. The third-order valence-electron chi connectivity index (χ3n) is 7.78. The van der Waals surface area contributed by atoms with Crippen LogP contribution in [0.5, 0.6) is 0 Å². The van der Waals surface area contributed by atoms with Gasteiger partial charge in [0, 0.05) is 7.11 Å². The summed E-state index contributed by atoms with van der Waals surface area (Å²) in [5, 5.41) is 11.3. The SMILES string of the molecule is CO[C@H]1[C@@H](n2cnc3c(N)ncnc32)O[C@](C)(COP(=O)(S)[C@@H]2C[C@@H](CO[PH](=O)S)O[C@H]2n2cnc3c(=O)[nH]c(N)nc32)[C@H]1O. The van der Waals surface area contributed by atoms with Gasteiger partial charge in [-0.2, -0.15) is 4.98 Å². The van der Waals surface area contributed by atoms with Gasteiger partial charge in [-0.05, 0) is 13.3 Å². The van der Waals surface area contributed by atoms with Gasteiger partial charge in [-0.1, -0.05) is 24.5 Å². The molecule has 2 aliphatic rings. The first-order chi connectivity index (χ1) is 21.3. The highest BCUT2D eigenvalue weighted by Crippen LogP contribution is 2.64. The molecule has 23 heteroatoms. The molecule has 2 saturated heterocycles. The average molecular weight is 705 g/mol. The smallest absolute Gasteiger partial charge is 0.280 e. The van der Waals surface area contributed by atoms with Crippen LogP contribution in [0, 0.1) is 0 Å². The predicted octanol–water partition coefficient (Wildman–Crippen LogP) is 0.919. The molecule has 6 rings (SSSR count). The number of nitrogens with two attached hydrogens (primary N) is 2. The number of H-pyrrole nitrogens is 1. The molecule has 6 N–H and O–H groups in total. The Morgan fingerprint density at radius 3 is 2.62 bits per heavy atom. The van der Waals surface area contributed by atoms with E-state index in [4.69, 9.17) is 34.7 Å². The molecule has 4 aromatic rings. The summed E-state index contributed by atoms with van der Waals surface area (Å²) < 4.78 is 57.9. The number of aromatic amines is 1. The highest BCUT2D eigenvalue weighted by atomic mass is 32.7. The molecular weight excluding hydrogens is 674 g/mol. The first-order valence-electron chi connectivity index (χ1n) is 13.3. The minimum absolute atomic E-state index is 0.0210. The van der Waals surface area contributed by atoms with Gasteiger partial charge in [0.1, 0.15) is 35.9 Å². The van der Waals surface area contributed by atoms with E-state index in [2.05, 4.69) is 54.4 Å². The molecule has 4 aromatic heterocycles. The molecule has 0 aliphatic carbocycles. The fraction of sp³-hybridized carbons (Fsp3) is 0.545. The fourth-order valence-corrected chi connectivity index (χ4v) is 8.56. The highest BCUT2D eigenvalue weighted by Gasteiger charge is 2.55. The summed E-state index contributed by atoms with van der Waals surface area (Å²) in [6, 6.07) is 0. The minimum atomic E-state index is -3.96. The number of imidazole rings is 2. The number of rotatable bonds is 10. The zero-order valence-electron chi connectivity index (χ0n) is 23.7. The van der Waals surface area contributed by atoms with E-state index < -0.39 is 61.4 Å². The van der Waals surface area contributed by atoms with Gasteiger partial charge >= 0.3 is 0 Å². The third kappa shape index (κ3) is 5.90. The molecule has 2 fully saturated rings. The number of aromatic nitrogens is 8. The van der Waals surface area contributed by atoms with E-state index in [-0.39, 0.29) is 42.6 Å². The lowest BCUT2D eigenvalue weighted by molar-refractivity contribution is -0.111. The molecule has 2 unspecified atom stereocenters. The number of anilines is 2. The Kier molecular flexibility index (Phi) is 8.79. The molecule has 0 spiro atoms. The van der Waals surface area contributed by atoms with Crippen molar-refractivity contribution in [3.05, 3.63) is 29.3 Å². The van der Waals surface area contributed by atoms with Crippen molar-refractivity contribution in [1.29, 1.82) is 0 Å². The molecule has 2 aliphatic heterocycles. The standard InChI is InChI=1S/C22H30N10O9P2S2/c1-22(14(33)13(37-2)20(41-22)31-7-27-11-15(23)25-6-26-16(11)31)5-39-43(36,45)10-3-9(4-38-42(35)44)40-19(10)32-8-28-12-17(32)29-21(24)30-18(12)34/h6-10,13-14,19-20,33,42H,3-5H2,1-2H3,(H,35,44)(H,36,45)(H2,23,25,26)(H3,24,29,30,34)/t9-,10+,13+,14-,19+,20-,22+,43?/m0/s1. The largest absolute Gasteiger partial charge is 0.387 e. The van der Waals surface area contributed by atoms with Crippen LogP contribution < -0.4 is 17.0 Å². The molecule has 9 atom stereocenters. The molecule has 0 aromatic carbocycles. The van der Waals surface area contributed by atoms with Crippen molar-refractivity contribution < 1.29 is 37.5 Å². The summed E-state index contributed by atoms with van der Waals surface area (Å²) in [5.74, 6) is 0.00505. The molecule has 244 valence electrons. The molecule has 0 amide bonds. The Balaban J connectivity index is 1.27. The first-order valence-corrected chi connectivity index (χ1v) is 18.8. The van der Waals surface area contributed by atoms with Gasteiger partial charge in [0.05, 0.1) is 37.6 Å². The summed E-state index contributed by atoms with van der Waals surface area (Å²) in [4.78, 5) is 35.5. The van der Waals surface area contributed by atoms with E-state index in [1.807, 2.05) is 0 Å². The molecule has 6 heterocycles. The van der Waals surface area contributed by atoms with Gasteiger partial charge in [0.15, 0.2) is 28.9 Å². The van der Waals surface area contributed by atoms with Crippen molar-refractivity contribution in [2.24, 2.45) is 0 Å². The quantitative estimate of drug-likeness (QED) is 0.0990. The van der Waals surface area contributed by atoms with E-state index in [0.717, 1.165) is 0 Å². The Bertz CT molecular complexity index is 1880. The third-order valence-corrected chi connectivity index (χ3v) is 11.6. The maximum absolute atomic E-state index is 14.2. The van der Waals surface area contributed by atoms with Crippen LogP contribution in [0.3, 0.4) is 0 Å². The summed E-state index contributed by atoms with van der Waals surface area (Å²) in [6.07, 6.45) is -0.768. The normalized spacial score (nSPS) is 30.7. The monoisotopic (exact) mass is 704 g/mol. The van der Waals surface area contributed by atoms with Gasteiger partial charge in [-0.25, -0.2) is 19.9 Å². The van der Waals surface area contributed by atoms with Gasteiger partial charge in [0.2, 0.25) is 13.2 Å². The topological polar surface area (TPSA) is 260 Å². The zero-order chi connectivity index (χ0) is 32.3. The van der Waals surface area contributed by atoms with Crippen molar-refractivity contribution in [2.45, 2.75) is 55.4 Å². The maximum atomic E-state index is 14.2. The number of aliphatic hydroxyl groups excluding tert-OH is 1. The average Bonchev–Trinajstić information content (AvgIpc) is 3.75.